The summed E-state index contributed by atoms with van der Waals surface area (Å²) in [5.41, 5.74) is 0. The van der Waals surface area contributed by atoms with E-state index in [0.717, 1.165) is 0 Å². The Labute approximate surface area is 88.7 Å². The van der Waals surface area contributed by atoms with Crippen LogP contribution >= 0.6 is 0 Å². The van der Waals surface area contributed by atoms with Crippen LogP contribution in [0.25, 0.3) is 0 Å². The van der Waals surface area contributed by atoms with E-state index in [2.05, 4.69) is 20.6 Å². The van der Waals surface area contributed by atoms with Gasteiger partial charge in [-0.05, 0) is 0 Å². The van der Waals surface area contributed by atoms with E-state index in [-0.39, 0.29) is 12.5 Å². The van der Waals surface area contributed by atoms with Crippen molar-refractivity contribution in [2.24, 2.45) is 0 Å². The summed E-state index contributed by atoms with van der Waals surface area (Å²) < 4.78 is 0. The zero-order chi connectivity index (χ0) is 11.3. The number of anilines is 2. The zero-order valence-corrected chi connectivity index (χ0v) is 9.11. The lowest BCUT2D eigenvalue weighted by atomic mass is 10.5. The third-order valence-corrected chi connectivity index (χ3v) is 1.93. The minimum Gasteiger partial charge on any atom is -0.372 e. The molecule has 0 aromatic carbocycles. The van der Waals surface area contributed by atoms with Gasteiger partial charge in [0.1, 0.15) is 11.6 Å². The molecule has 0 spiro atoms. The van der Waals surface area contributed by atoms with Gasteiger partial charge in [-0.25, -0.2) is 4.98 Å². The first-order valence-electron chi connectivity index (χ1n) is 4.59. The van der Waals surface area contributed by atoms with E-state index >= 15 is 0 Å². The predicted molar refractivity (Wildman–Crippen MR) is 58.9 cm³/mol. The maximum absolute atomic E-state index is 11.1. The maximum atomic E-state index is 11.1. The molecule has 0 unspecified atom stereocenters. The summed E-state index contributed by atoms with van der Waals surface area (Å²) in [4.78, 5) is 21.1. The number of rotatable bonds is 4. The van der Waals surface area contributed by atoms with Gasteiger partial charge in [0.15, 0.2) is 0 Å². The molecule has 15 heavy (non-hydrogen) atoms. The molecule has 2 N–H and O–H groups in total. The highest BCUT2D eigenvalue weighted by molar-refractivity contribution is 5.80. The summed E-state index contributed by atoms with van der Waals surface area (Å²) in [6.07, 6.45) is 3.24. The van der Waals surface area contributed by atoms with Crippen molar-refractivity contribution in [3.63, 3.8) is 0 Å². The number of carbonyl (C=O) groups excluding carboxylic acids is 1. The van der Waals surface area contributed by atoms with Gasteiger partial charge in [-0.2, -0.15) is 0 Å². The molecule has 0 saturated heterocycles. The second-order valence-electron chi connectivity index (χ2n) is 3.04. The van der Waals surface area contributed by atoms with Crippen LogP contribution in [0.1, 0.15) is 0 Å². The number of hydrogen-bond donors (Lipinski definition) is 2. The standard InChI is InChI=1S/C9H15N5O/c1-10-7-4-12-5-8(13-7)14(3)6-9(15)11-2/h4-5H,6H2,1-3H3,(H,10,13)(H,11,15). The van der Waals surface area contributed by atoms with E-state index in [9.17, 15) is 4.79 Å². The normalized spacial score (nSPS) is 9.53. The van der Waals surface area contributed by atoms with Gasteiger partial charge >= 0.3 is 0 Å². The molecular formula is C9H15N5O. The van der Waals surface area contributed by atoms with E-state index < -0.39 is 0 Å². The molecule has 0 bridgehead atoms. The van der Waals surface area contributed by atoms with Gasteiger partial charge in [-0.3, -0.25) is 9.78 Å². The monoisotopic (exact) mass is 209 g/mol. The van der Waals surface area contributed by atoms with Crippen LogP contribution in [0.3, 0.4) is 0 Å². The smallest absolute Gasteiger partial charge is 0.239 e. The fourth-order valence-corrected chi connectivity index (χ4v) is 1.04. The highest BCUT2D eigenvalue weighted by Crippen LogP contribution is 2.09. The van der Waals surface area contributed by atoms with Crippen LogP contribution < -0.4 is 15.5 Å². The first kappa shape index (κ1) is 11.2. The fourth-order valence-electron chi connectivity index (χ4n) is 1.04. The van der Waals surface area contributed by atoms with Crippen LogP contribution in [0.2, 0.25) is 0 Å². The topological polar surface area (TPSA) is 70.2 Å². The summed E-state index contributed by atoms with van der Waals surface area (Å²) in [7, 11) is 5.16. The third-order valence-electron chi connectivity index (χ3n) is 1.93. The second kappa shape index (κ2) is 5.14. The molecule has 1 rings (SSSR count). The summed E-state index contributed by atoms with van der Waals surface area (Å²) in [5, 5.41) is 5.44. The number of likely N-dealkylation sites (N-methyl/N-ethyl adjacent to an activating group) is 2. The molecule has 1 amide bonds. The number of aromatic nitrogens is 2. The number of nitrogens with one attached hydrogen (secondary N) is 2. The highest BCUT2D eigenvalue weighted by Gasteiger charge is 2.07. The Morgan fingerprint density at radius 3 is 2.80 bits per heavy atom. The lowest BCUT2D eigenvalue weighted by Gasteiger charge is -2.16. The molecule has 0 aliphatic carbocycles. The van der Waals surface area contributed by atoms with E-state index in [0.29, 0.717) is 11.6 Å². The Morgan fingerprint density at radius 1 is 1.47 bits per heavy atom. The second-order valence-corrected chi connectivity index (χ2v) is 3.04. The quantitative estimate of drug-likeness (QED) is 0.712. The minimum atomic E-state index is -0.0610. The SMILES string of the molecule is CNC(=O)CN(C)c1cncc(NC)n1. The minimum absolute atomic E-state index is 0.0610. The molecule has 0 aliphatic rings. The predicted octanol–water partition coefficient (Wildman–Crippen LogP) is -0.300. The van der Waals surface area contributed by atoms with Crippen molar-refractivity contribution in [2.45, 2.75) is 0 Å². The van der Waals surface area contributed by atoms with E-state index in [1.807, 2.05) is 0 Å². The number of nitrogens with zero attached hydrogens (tertiary/aromatic N) is 3. The van der Waals surface area contributed by atoms with Crippen LogP contribution in [0.15, 0.2) is 12.4 Å². The van der Waals surface area contributed by atoms with Gasteiger partial charge in [0, 0.05) is 21.1 Å². The number of carbonyl (C=O) groups is 1. The van der Waals surface area contributed by atoms with Crippen LogP contribution in [-0.2, 0) is 4.79 Å². The van der Waals surface area contributed by atoms with Gasteiger partial charge in [0.05, 0.1) is 18.9 Å². The molecule has 1 aromatic rings. The Bertz CT molecular complexity index is 341. The van der Waals surface area contributed by atoms with Gasteiger partial charge in [-0.15, -0.1) is 0 Å². The maximum Gasteiger partial charge on any atom is 0.239 e. The first-order chi connectivity index (χ1) is 7.17. The number of amides is 1. The molecule has 0 saturated carbocycles. The van der Waals surface area contributed by atoms with Crippen molar-refractivity contribution >= 4 is 17.5 Å². The average molecular weight is 209 g/mol. The molecule has 0 aliphatic heterocycles. The lowest BCUT2D eigenvalue weighted by Crippen LogP contribution is -2.33. The third kappa shape index (κ3) is 3.08. The summed E-state index contributed by atoms with van der Waals surface area (Å²) in [6.45, 7) is 0.262. The Balaban J connectivity index is 2.72. The largest absolute Gasteiger partial charge is 0.372 e. The van der Waals surface area contributed by atoms with E-state index in [1.165, 1.54) is 0 Å². The van der Waals surface area contributed by atoms with Crippen molar-refractivity contribution in [3.8, 4) is 0 Å². The van der Waals surface area contributed by atoms with Crippen molar-refractivity contribution in [1.29, 1.82) is 0 Å². The fraction of sp³-hybridized carbons (Fsp3) is 0.444. The van der Waals surface area contributed by atoms with Gasteiger partial charge < -0.3 is 15.5 Å². The molecule has 0 radical (unpaired) electrons. The van der Waals surface area contributed by atoms with E-state index in [4.69, 9.17) is 0 Å². The van der Waals surface area contributed by atoms with Crippen LogP contribution in [0.4, 0.5) is 11.6 Å². The number of hydrogen-bond acceptors (Lipinski definition) is 5. The van der Waals surface area contributed by atoms with Gasteiger partial charge in [-0.1, -0.05) is 0 Å². The highest BCUT2D eigenvalue weighted by atomic mass is 16.1. The molecule has 82 valence electrons. The van der Waals surface area contributed by atoms with Crippen molar-refractivity contribution in [1.82, 2.24) is 15.3 Å². The lowest BCUT2D eigenvalue weighted by molar-refractivity contribution is -0.119. The zero-order valence-electron chi connectivity index (χ0n) is 9.11. The summed E-state index contributed by atoms with van der Waals surface area (Å²) >= 11 is 0. The molecular weight excluding hydrogens is 194 g/mol. The van der Waals surface area contributed by atoms with Gasteiger partial charge in [0.25, 0.3) is 0 Å². The summed E-state index contributed by atoms with van der Waals surface area (Å²) in [6, 6.07) is 0. The van der Waals surface area contributed by atoms with Gasteiger partial charge in [0.2, 0.25) is 5.91 Å². The van der Waals surface area contributed by atoms with Crippen molar-refractivity contribution in [2.75, 3.05) is 37.9 Å². The van der Waals surface area contributed by atoms with Crippen LogP contribution in [-0.4, -0.2) is 43.6 Å². The first-order valence-corrected chi connectivity index (χ1v) is 4.59. The molecule has 1 heterocycles. The Hall–Kier alpha value is -1.85. The van der Waals surface area contributed by atoms with Crippen LogP contribution in [0, 0.1) is 0 Å². The summed E-state index contributed by atoms with van der Waals surface area (Å²) in [5.74, 6) is 1.27. The van der Waals surface area contributed by atoms with Crippen LogP contribution in [0.5, 0.6) is 0 Å². The average Bonchev–Trinajstić information content (AvgIpc) is 2.28. The van der Waals surface area contributed by atoms with Crippen molar-refractivity contribution in [3.05, 3.63) is 12.4 Å². The molecule has 6 heteroatoms. The molecule has 0 atom stereocenters. The Morgan fingerprint density at radius 2 is 2.20 bits per heavy atom. The molecule has 1 aromatic heterocycles. The van der Waals surface area contributed by atoms with E-state index in [1.54, 1.807) is 38.4 Å². The molecule has 6 nitrogen and oxygen atoms in total. The molecule has 0 fully saturated rings. The van der Waals surface area contributed by atoms with Crippen molar-refractivity contribution < 1.29 is 4.79 Å². The Kier molecular flexibility index (Phi) is 3.84.